The first kappa shape index (κ1) is 20.8. The Hall–Kier alpha value is -1.22. The third-order valence-corrected chi connectivity index (χ3v) is 3.99. The van der Waals surface area contributed by atoms with Crippen molar-refractivity contribution in [2.45, 2.75) is 76.5 Å². The summed E-state index contributed by atoms with van der Waals surface area (Å²) in [5.41, 5.74) is 7.73. The van der Waals surface area contributed by atoms with Crippen LogP contribution in [0.2, 0.25) is 0 Å². The van der Waals surface area contributed by atoms with E-state index in [4.69, 9.17) is 10.5 Å². The van der Waals surface area contributed by atoms with Crippen LogP contribution in [0.4, 0.5) is 4.79 Å². The molecule has 0 aliphatic carbocycles. The molecule has 0 bridgehead atoms. The minimum absolute atomic E-state index is 0.0985. The highest BCUT2D eigenvalue weighted by molar-refractivity contribution is 5.87. The number of ketones is 1. The fourth-order valence-electron chi connectivity index (χ4n) is 3.70. The Bertz CT molecular complexity index is 435. The van der Waals surface area contributed by atoms with E-state index in [1.165, 1.54) is 0 Å². The molecule has 140 valence electrons. The van der Waals surface area contributed by atoms with Gasteiger partial charge >= 0.3 is 6.03 Å². The molecule has 8 nitrogen and oxygen atoms in total. The Morgan fingerprint density at radius 1 is 1.17 bits per heavy atom. The number of carbonyl (C=O) groups is 2. The number of nitrogens with two attached hydrogens (primary N) is 1. The number of ether oxygens (including phenoxy) is 1. The Morgan fingerprint density at radius 2 is 1.75 bits per heavy atom. The molecule has 0 radical (unpaired) electrons. The van der Waals surface area contributed by atoms with E-state index in [0.717, 1.165) is 0 Å². The Morgan fingerprint density at radius 3 is 2.29 bits per heavy atom. The summed E-state index contributed by atoms with van der Waals surface area (Å²) in [5.74, 6) is -0.0985. The highest BCUT2D eigenvalue weighted by Gasteiger charge is 2.49. The molecule has 8 heteroatoms. The molecular weight excluding hydrogens is 312 g/mol. The minimum atomic E-state index is -1.27. The number of carbonyl (C=O) groups excluding carboxylic acids is 2. The number of hydrogen-bond donors (Lipinski definition) is 5. The number of hydrazine groups is 1. The molecule has 24 heavy (non-hydrogen) atoms. The van der Waals surface area contributed by atoms with Gasteiger partial charge in [-0.15, -0.1) is 0 Å². The summed E-state index contributed by atoms with van der Waals surface area (Å²) in [6, 6.07) is -0.676. The summed E-state index contributed by atoms with van der Waals surface area (Å²) in [6.45, 7) is 8.63. The molecule has 1 heterocycles. The molecule has 0 aromatic heterocycles. The lowest BCUT2D eigenvalue weighted by molar-refractivity contribution is -0.147. The van der Waals surface area contributed by atoms with E-state index < -0.39 is 11.6 Å². The molecule has 6 N–H and O–H groups in total. The van der Waals surface area contributed by atoms with Gasteiger partial charge in [-0.3, -0.25) is 10.2 Å². The van der Waals surface area contributed by atoms with Gasteiger partial charge in [0.15, 0.2) is 5.78 Å². The third-order valence-electron chi connectivity index (χ3n) is 3.99. The molecule has 1 aliphatic rings. The Labute approximate surface area is 143 Å². The number of urea groups is 1. The van der Waals surface area contributed by atoms with Crippen LogP contribution in [0.15, 0.2) is 0 Å². The van der Waals surface area contributed by atoms with Gasteiger partial charge in [0, 0.05) is 36.9 Å². The molecule has 0 aromatic carbocycles. The van der Waals surface area contributed by atoms with Crippen molar-refractivity contribution in [1.29, 1.82) is 0 Å². The minimum Gasteiger partial charge on any atom is -0.382 e. The fraction of sp³-hybridized carbons (Fsp3) is 0.875. The maximum atomic E-state index is 12.5. The van der Waals surface area contributed by atoms with E-state index in [1.807, 2.05) is 27.7 Å². The lowest BCUT2D eigenvalue weighted by Gasteiger charge is -2.50. The van der Waals surface area contributed by atoms with Crippen LogP contribution in [0.1, 0.15) is 59.8 Å². The van der Waals surface area contributed by atoms with Gasteiger partial charge in [-0.25, -0.2) is 10.2 Å². The standard InChI is InChI=1S/C16H32N4O4/c1-14(2)9-16(23,10-15(3,4)20-14)12(21)7-5-6-8-24-11-18-19-13(17)22/h18,20,23H,5-11H2,1-4H3,(H3,17,19,22). The highest BCUT2D eigenvalue weighted by atomic mass is 16.5. The lowest BCUT2D eigenvalue weighted by atomic mass is 9.70. The van der Waals surface area contributed by atoms with Gasteiger partial charge in [0.2, 0.25) is 0 Å². The van der Waals surface area contributed by atoms with E-state index in [1.54, 1.807) is 0 Å². The quantitative estimate of drug-likeness (QED) is 0.236. The van der Waals surface area contributed by atoms with Crippen LogP contribution in [0.3, 0.4) is 0 Å². The first-order valence-electron chi connectivity index (χ1n) is 8.37. The number of Topliss-reactive ketones (excluding diaryl/α,β-unsaturated/α-hetero) is 1. The van der Waals surface area contributed by atoms with Gasteiger partial charge in [-0.1, -0.05) is 0 Å². The number of amides is 2. The lowest BCUT2D eigenvalue weighted by Crippen LogP contribution is -2.65. The van der Waals surface area contributed by atoms with E-state index in [2.05, 4.69) is 16.2 Å². The van der Waals surface area contributed by atoms with Crippen molar-refractivity contribution in [3.8, 4) is 0 Å². The van der Waals surface area contributed by atoms with E-state index >= 15 is 0 Å². The molecule has 1 saturated heterocycles. The van der Waals surface area contributed by atoms with Crippen LogP contribution < -0.4 is 21.9 Å². The number of primary amides is 1. The topological polar surface area (TPSA) is 126 Å². The van der Waals surface area contributed by atoms with Gasteiger partial charge in [0.1, 0.15) is 12.3 Å². The molecule has 0 spiro atoms. The normalized spacial score (nSPS) is 21.2. The summed E-state index contributed by atoms with van der Waals surface area (Å²) in [4.78, 5) is 22.9. The molecule has 0 saturated carbocycles. The van der Waals surface area contributed by atoms with Crippen molar-refractivity contribution in [3.05, 3.63) is 0 Å². The summed E-state index contributed by atoms with van der Waals surface area (Å²) < 4.78 is 5.24. The van der Waals surface area contributed by atoms with Crippen LogP contribution in [-0.2, 0) is 9.53 Å². The van der Waals surface area contributed by atoms with E-state index in [-0.39, 0.29) is 23.6 Å². The molecule has 0 unspecified atom stereocenters. The van der Waals surface area contributed by atoms with Crippen molar-refractivity contribution in [3.63, 3.8) is 0 Å². The molecule has 1 aliphatic heterocycles. The van der Waals surface area contributed by atoms with Gasteiger partial charge in [-0.2, -0.15) is 0 Å². The van der Waals surface area contributed by atoms with Crippen molar-refractivity contribution in [2.75, 3.05) is 13.3 Å². The molecule has 2 amide bonds. The second-order valence-corrected chi connectivity index (χ2v) is 7.88. The first-order chi connectivity index (χ1) is 11.0. The number of hydrogen-bond acceptors (Lipinski definition) is 6. The number of nitrogens with one attached hydrogen (secondary N) is 3. The van der Waals surface area contributed by atoms with Crippen LogP contribution >= 0.6 is 0 Å². The predicted octanol–water partition coefficient (Wildman–Crippen LogP) is 0.545. The Kier molecular flexibility index (Phi) is 7.15. The second-order valence-electron chi connectivity index (χ2n) is 7.88. The maximum Gasteiger partial charge on any atom is 0.326 e. The smallest absolute Gasteiger partial charge is 0.326 e. The molecular formula is C16H32N4O4. The largest absolute Gasteiger partial charge is 0.382 e. The fourth-order valence-corrected chi connectivity index (χ4v) is 3.70. The zero-order chi connectivity index (χ0) is 18.4. The third kappa shape index (κ3) is 7.12. The van der Waals surface area contributed by atoms with Gasteiger partial charge in [-0.05, 0) is 40.5 Å². The molecule has 1 fully saturated rings. The zero-order valence-electron chi connectivity index (χ0n) is 15.2. The monoisotopic (exact) mass is 344 g/mol. The SMILES string of the molecule is CC1(C)CC(O)(C(=O)CCCCOCNNC(N)=O)CC(C)(C)N1. The summed E-state index contributed by atoms with van der Waals surface area (Å²) in [6.07, 6.45) is 2.52. The van der Waals surface area contributed by atoms with Crippen molar-refractivity contribution >= 4 is 11.8 Å². The molecule has 0 atom stereocenters. The maximum absolute atomic E-state index is 12.5. The average Bonchev–Trinajstić information content (AvgIpc) is 2.36. The van der Waals surface area contributed by atoms with Crippen LogP contribution in [-0.4, -0.2) is 46.9 Å². The highest BCUT2D eigenvalue weighted by Crippen LogP contribution is 2.37. The number of rotatable bonds is 9. The molecule has 0 aromatic rings. The number of unbranched alkanes of at least 4 members (excludes halogenated alkanes) is 1. The average molecular weight is 344 g/mol. The first-order valence-corrected chi connectivity index (χ1v) is 8.37. The number of aliphatic hydroxyl groups is 1. The van der Waals surface area contributed by atoms with Gasteiger partial charge in [0.05, 0.1) is 0 Å². The Balaban J connectivity index is 2.30. The van der Waals surface area contributed by atoms with Crippen LogP contribution in [0, 0.1) is 0 Å². The van der Waals surface area contributed by atoms with Gasteiger partial charge in [0.25, 0.3) is 0 Å². The van der Waals surface area contributed by atoms with Crippen molar-refractivity contribution in [1.82, 2.24) is 16.2 Å². The van der Waals surface area contributed by atoms with Crippen LogP contribution in [0.5, 0.6) is 0 Å². The summed E-state index contributed by atoms with van der Waals surface area (Å²) in [5, 5.41) is 14.3. The van der Waals surface area contributed by atoms with Gasteiger partial charge < -0.3 is 20.9 Å². The predicted molar refractivity (Wildman–Crippen MR) is 91.0 cm³/mol. The summed E-state index contributed by atoms with van der Waals surface area (Å²) in [7, 11) is 0. The zero-order valence-corrected chi connectivity index (χ0v) is 15.2. The second kappa shape index (κ2) is 8.24. The number of piperidine rings is 1. The van der Waals surface area contributed by atoms with Crippen LogP contribution in [0.25, 0.3) is 0 Å². The van der Waals surface area contributed by atoms with Crippen molar-refractivity contribution < 1.29 is 19.4 Å². The van der Waals surface area contributed by atoms with Crippen molar-refractivity contribution in [2.24, 2.45) is 5.73 Å². The van der Waals surface area contributed by atoms with E-state index in [0.29, 0.717) is 38.7 Å². The molecule has 1 rings (SSSR count). The summed E-state index contributed by atoms with van der Waals surface area (Å²) >= 11 is 0. The van der Waals surface area contributed by atoms with E-state index in [9.17, 15) is 14.7 Å².